The van der Waals surface area contributed by atoms with E-state index in [0.29, 0.717) is 41.7 Å². The van der Waals surface area contributed by atoms with Crippen molar-refractivity contribution in [2.75, 3.05) is 19.0 Å². The number of anilines is 1. The van der Waals surface area contributed by atoms with Crippen LogP contribution in [0.5, 0.6) is 5.75 Å². The molecule has 0 bridgehead atoms. The highest BCUT2D eigenvalue weighted by Gasteiger charge is 2.28. The van der Waals surface area contributed by atoms with Gasteiger partial charge in [0.2, 0.25) is 15.2 Å². The molecular formula is C28H25N5O4S2. The molecule has 0 fully saturated rings. The fourth-order valence-corrected chi connectivity index (χ4v) is 7.01. The summed E-state index contributed by atoms with van der Waals surface area (Å²) in [6.45, 7) is 2.59. The molecule has 1 aliphatic heterocycles. The van der Waals surface area contributed by atoms with E-state index in [4.69, 9.17) is 4.74 Å². The number of carbonyl (C=O) groups excluding carboxylic acids is 1. The summed E-state index contributed by atoms with van der Waals surface area (Å²) < 4.78 is 35.9. The number of hydrogen-bond acceptors (Lipinski definition) is 7. The van der Waals surface area contributed by atoms with Crippen molar-refractivity contribution in [2.24, 2.45) is 0 Å². The van der Waals surface area contributed by atoms with Crippen LogP contribution in [0.4, 0.5) is 5.82 Å². The minimum atomic E-state index is -3.69. The van der Waals surface area contributed by atoms with Gasteiger partial charge in [0, 0.05) is 24.7 Å². The summed E-state index contributed by atoms with van der Waals surface area (Å²) in [7, 11) is -2.08. The van der Waals surface area contributed by atoms with E-state index >= 15 is 0 Å². The lowest BCUT2D eigenvalue weighted by Crippen LogP contribution is -2.35. The zero-order valence-electron chi connectivity index (χ0n) is 21.3. The van der Waals surface area contributed by atoms with Gasteiger partial charge in [-0.15, -0.1) is 0 Å². The summed E-state index contributed by atoms with van der Waals surface area (Å²) >= 11 is 1.43. The Morgan fingerprint density at radius 1 is 1.03 bits per heavy atom. The number of thiazole rings is 1. The van der Waals surface area contributed by atoms with Gasteiger partial charge in [-0.25, -0.2) is 13.4 Å². The molecule has 1 N–H and O–H groups in total. The van der Waals surface area contributed by atoms with Crippen LogP contribution in [0.3, 0.4) is 0 Å². The highest BCUT2D eigenvalue weighted by Crippen LogP contribution is 2.30. The zero-order valence-corrected chi connectivity index (χ0v) is 22.9. The van der Waals surface area contributed by atoms with E-state index in [2.05, 4.69) is 15.4 Å². The Kier molecular flexibility index (Phi) is 6.42. The number of aryl methyl sites for hydroxylation is 1. The number of fused-ring (bicyclic) bond motifs is 2. The van der Waals surface area contributed by atoms with Crippen molar-refractivity contribution in [3.05, 3.63) is 95.2 Å². The molecule has 198 valence electrons. The lowest BCUT2D eigenvalue weighted by atomic mass is 10.0. The minimum Gasteiger partial charge on any atom is -0.497 e. The second-order valence-electron chi connectivity index (χ2n) is 9.25. The van der Waals surface area contributed by atoms with Crippen molar-refractivity contribution in [3.8, 4) is 10.9 Å². The highest BCUT2D eigenvalue weighted by molar-refractivity contribution is 7.89. The Hall–Kier alpha value is -4.06. The molecule has 9 nitrogen and oxygen atoms in total. The van der Waals surface area contributed by atoms with E-state index in [1.54, 1.807) is 17.9 Å². The first kappa shape index (κ1) is 25.2. The van der Waals surface area contributed by atoms with Gasteiger partial charge in [-0.2, -0.15) is 14.1 Å². The van der Waals surface area contributed by atoms with E-state index in [-0.39, 0.29) is 10.8 Å². The predicted molar refractivity (Wildman–Crippen MR) is 150 cm³/mol. The first-order valence-electron chi connectivity index (χ1n) is 12.3. The van der Waals surface area contributed by atoms with E-state index in [1.165, 1.54) is 45.5 Å². The van der Waals surface area contributed by atoms with Crippen LogP contribution in [0.1, 0.15) is 27.2 Å². The Labute approximate surface area is 229 Å². The fraction of sp³-hybridized carbons (Fsp3) is 0.179. The SMILES string of the molecule is COc1ccc2nc(-n3nc(C)cc3NC(=O)c3ccc(S(=O)(=O)N4CCc5ccccc5C4)cc3)sc2c1. The van der Waals surface area contributed by atoms with Gasteiger partial charge in [0.25, 0.3) is 5.91 Å². The molecule has 0 atom stereocenters. The van der Waals surface area contributed by atoms with Gasteiger partial charge < -0.3 is 10.1 Å². The number of ether oxygens (including phenoxy) is 1. The maximum absolute atomic E-state index is 13.3. The van der Waals surface area contributed by atoms with Crippen molar-refractivity contribution in [1.29, 1.82) is 0 Å². The molecule has 3 heterocycles. The Morgan fingerprint density at radius 3 is 2.56 bits per heavy atom. The van der Waals surface area contributed by atoms with Gasteiger partial charge >= 0.3 is 0 Å². The summed E-state index contributed by atoms with van der Waals surface area (Å²) in [4.78, 5) is 17.9. The third kappa shape index (κ3) is 4.80. The van der Waals surface area contributed by atoms with Crippen molar-refractivity contribution in [3.63, 3.8) is 0 Å². The Morgan fingerprint density at radius 2 is 1.79 bits per heavy atom. The molecule has 0 saturated heterocycles. The summed E-state index contributed by atoms with van der Waals surface area (Å²) in [5.74, 6) is 0.820. The maximum Gasteiger partial charge on any atom is 0.256 e. The average Bonchev–Trinajstić information content (AvgIpc) is 3.54. The van der Waals surface area contributed by atoms with E-state index in [1.807, 2.05) is 49.4 Å². The standard InChI is InChI=1S/C28H25N5O4S2/c1-18-15-26(33(31-18)28-29-24-12-9-22(37-2)16-25(24)38-28)30-27(34)20-7-10-23(11-8-20)39(35,36)32-14-13-19-5-3-4-6-21(19)17-32/h3-12,15-16H,13-14,17H2,1-2H3,(H,30,34). The van der Waals surface area contributed by atoms with E-state index < -0.39 is 10.0 Å². The molecule has 11 heteroatoms. The molecule has 0 spiro atoms. The number of carbonyl (C=O) groups is 1. The van der Waals surface area contributed by atoms with Crippen LogP contribution in [0.25, 0.3) is 15.3 Å². The Balaban J connectivity index is 1.21. The lowest BCUT2D eigenvalue weighted by molar-refractivity contribution is 0.102. The highest BCUT2D eigenvalue weighted by atomic mass is 32.2. The number of amides is 1. The fourth-order valence-electron chi connectivity index (χ4n) is 4.64. The predicted octanol–water partition coefficient (Wildman–Crippen LogP) is 4.80. The molecule has 1 aliphatic rings. The number of benzene rings is 3. The van der Waals surface area contributed by atoms with Crippen LogP contribution in [0.15, 0.2) is 77.7 Å². The second kappa shape index (κ2) is 9.92. The molecule has 2 aromatic heterocycles. The summed E-state index contributed by atoms with van der Waals surface area (Å²) in [5.41, 5.74) is 4.04. The molecule has 0 radical (unpaired) electrons. The summed E-state index contributed by atoms with van der Waals surface area (Å²) in [5, 5.41) is 8.01. The van der Waals surface area contributed by atoms with Crippen molar-refractivity contribution < 1.29 is 17.9 Å². The van der Waals surface area contributed by atoms with Crippen LogP contribution < -0.4 is 10.1 Å². The Bertz CT molecular complexity index is 1810. The van der Waals surface area contributed by atoms with Crippen LogP contribution in [0, 0.1) is 6.92 Å². The van der Waals surface area contributed by atoms with Gasteiger partial charge in [0.05, 0.1) is 27.9 Å². The minimum absolute atomic E-state index is 0.157. The van der Waals surface area contributed by atoms with Gasteiger partial charge in [0.1, 0.15) is 11.6 Å². The van der Waals surface area contributed by atoms with Crippen LogP contribution >= 0.6 is 11.3 Å². The van der Waals surface area contributed by atoms with Crippen LogP contribution in [-0.2, 0) is 23.0 Å². The van der Waals surface area contributed by atoms with Crippen LogP contribution in [0.2, 0.25) is 0 Å². The molecule has 5 aromatic rings. The summed E-state index contributed by atoms with van der Waals surface area (Å²) in [6.07, 6.45) is 0.672. The first-order chi connectivity index (χ1) is 18.8. The van der Waals surface area contributed by atoms with Crippen molar-refractivity contribution in [1.82, 2.24) is 19.1 Å². The van der Waals surface area contributed by atoms with E-state index in [0.717, 1.165) is 21.5 Å². The van der Waals surface area contributed by atoms with Crippen LogP contribution in [-0.4, -0.2) is 47.0 Å². The molecule has 0 aliphatic carbocycles. The number of nitrogens with zero attached hydrogens (tertiary/aromatic N) is 4. The van der Waals surface area contributed by atoms with Gasteiger partial charge in [-0.3, -0.25) is 4.79 Å². The monoisotopic (exact) mass is 559 g/mol. The number of aromatic nitrogens is 3. The smallest absolute Gasteiger partial charge is 0.256 e. The largest absolute Gasteiger partial charge is 0.497 e. The van der Waals surface area contributed by atoms with Gasteiger partial charge in [-0.05, 0) is 66.9 Å². The van der Waals surface area contributed by atoms with Crippen molar-refractivity contribution >= 4 is 43.3 Å². The number of sulfonamides is 1. The van der Waals surface area contributed by atoms with Crippen molar-refractivity contribution in [2.45, 2.75) is 24.8 Å². The number of methoxy groups -OCH3 is 1. The molecule has 3 aromatic carbocycles. The average molecular weight is 560 g/mol. The number of rotatable bonds is 6. The molecule has 0 unspecified atom stereocenters. The number of hydrogen-bond donors (Lipinski definition) is 1. The van der Waals surface area contributed by atoms with E-state index in [9.17, 15) is 13.2 Å². The number of nitrogens with one attached hydrogen (secondary N) is 1. The van der Waals surface area contributed by atoms with Gasteiger partial charge in [-0.1, -0.05) is 35.6 Å². The summed E-state index contributed by atoms with van der Waals surface area (Å²) in [6, 6.07) is 21.3. The molecule has 39 heavy (non-hydrogen) atoms. The second-order valence-corrected chi connectivity index (χ2v) is 12.2. The molecule has 0 saturated carbocycles. The topological polar surface area (TPSA) is 106 Å². The third-order valence-corrected chi connectivity index (χ3v) is 9.54. The third-order valence-electron chi connectivity index (χ3n) is 6.69. The lowest BCUT2D eigenvalue weighted by Gasteiger charge is -2.28. The first-order valence-corrected chi connectivity index (χ1v) is 14.6. The maximum atomic E-state index is 13.3. The molecular weight excluding hydrogens is 534 g/mol. The molecule has 6 rings (SSSR count). The van der Waals surface area contributed by atoms with Gasteiger partial charge in [0.15, 0.2) is 0 Å². The molecule has 1 amide bonds. The normalized spacial score (nSPS) is 13.8. The quantitative estimate of drug-likeness (QED) is 0.320. The zero-order chi connectivity index (χ0) is 27.1.